The lowest BCUT2D eigenvalue weighted by atomic mass is 10.1. The quantitative estimate of drug-likeness (QED) is 0.798. The molecule has 0 saturated heterocycles. The van der Waals surface area contributed by atoms with Crippen LogP contribution in [0.4, 0.5) is 5.69 Å². The van der Waals surface area contributed by atoms with E-state index in [9.17, 15) is 4.79 Å². The highest BCUT2D eigenvalue weighted by molar-refractivity contribution is 6.32. The highest BCUT2D eigenvalue weighted by Gasteiger charge is 2.28. The Morgan fingerprint density at radius 2 is 1.64 bits per heavy atom. The van der Waals surface area contributed by atoms with Gasteiger partial charge in [0.1, 0.15) is 0 Å². The smallest absolute Gasteiger partial charge is 0.280 e. The Morgan fingerprint density at radius 1 is 0.960 bits per heavy atom. The lowest BCUT2D eigenvalue weighted by Crippen LogP contribution is -2.21. The minimum absolute atomic E-state index is 0.142. The van der Waals surface area contributed by atoms with E-state index in [4.69, 9.17) is 9.47 Å². The van der Waals surface area contributed by atoms with Crippen molar-refractivity contribution in [2.75, 3.05) is 19.2 Å². The molecule has 0 spiro atoms. The molecule has 5 heteroatoms. The molecule has 0 N–H and O–H groups in total. The van der Waals surface area contributed by atoms with E-state index in [0.29, 0.717) is 22.8 Å². The Labute approximate surface area is 147 Å². The molecule has 0 aromatic heterocycles. The zero-order valence-corrected chi connectivity index (χ0v) is 14.7. The summed E-state index contributed by atoms with van der Waals surface area (Å²) in [6.45, 7) is 3.84. The molecule has 5 nitrogen and oxygen atoms in total. The van der Waals surface area contributed by atoms with Gasteiger partial charge in [0.2, 0.25) is 0 Å². The predicted molar refractivity (Wildman–Crippen MR) is 99.3 cm³/mol. The van der Waals surface area contributed by atoms with Crippen LogP contribution in [0.5, 0.6) is 11.5 Å². The SMILES string of the molecule is COc1ccc(/C=C2\C(=O)N(c3ccc(C)cc3)N=C2C)cc1OC. The summed E-state index contributed by atoms with van der Waals surface area (Å²) in [6.07, 6.45) is 1.82. The first-order valence-electron chi connectivity index (χ1n) is 7.94. The van der Waals surface area contributed by atoms with E-state index in [1.165, 1.54) is 5.01 Å². The Hall–Kier alpha value is -3.08. The third-order valence-corrected chi connectivity index (χ3v) is 4.06. The van der Waals surface area contributed by atoms with Crippen molar-refractivity contribution in [3.63, 3.8) is 0 Å². The summed E-state index contributed by atoms with van der Waals surface area (Å²) in [4.78, 5) is 12.8. The summed E-state index contributed by atoms with van der Waals surface area (Å²) < 4.78 is 10.6. The van der Waals surface area contributed by atoms with Gasteiger partial charge in [-0.1, -0.05) is 23.8 Å². The number of hydrogen-bond donors (Lipinski definition) is 0. The molecule has 3 rings (SSSR count). The largest absolute Gasteiger partial charge is 0.493 e. The number of carbonyl (C=O) groups excluding carboxylic acids is 1. The van der Waals surface area contributed by atoms with Crippen molar-refractivity contribution in [1.29, 1.82) is 0 Å². The number of methoxy groups -OCH3 is 2. The van der Waals surface area contributed by atoms with Gasteiger partial charge in [0.05, 0.1) is 31.2 Å². The molecular weight excluding hydrogens is 316 g/mol. The fourth-order valence-electron chi connectivity index (χ4n) is 2.65. The molecule has 0 bridgehead atoms. The predicted octanol–water partition coefficient (Wildman–Crippen LogP) is 3.82. The van der Waals surface area contributed by atoms with Crippen LogP contribution in [0.25, 0.3) is 6.08 Å². The first-order valence-corrected chi connectivity index (χ1v) is 7.94. The van der Waals surface area contributed by atoms with Crippen LogP contribution in [0.15, 0.2) is 53.1 Å². The molecule has 2 aromatic rings. The molecular formula is C20H20N2O3. The minimum atomic E-state index is -0.142. The number of aryl methyl sites for hydroxylation is 1. The maximum absolute atomic E-state index is 12.8. The first-order chi connectivity index (χ1) is 12.0. The molecule has 0 radical (unpaired) electrons. The van der Waals surface area contributed by atoms with Crippen LogP contribution >= 0.6 is 0 Å². The monoisotopic (exact) mass is 336 g/mol. The molecule has 25 heavy (non-hydrogen) atoms. The van der Waals surface area contributed by atoms with Crippen molar-refractivity contribution in [2.24, 2.45) is 5.10 Å². The number of rotatable bonds is 4. The lowest BCUT2D eigenvalue weighted by molar-refractivity contribution is -0.114. The second kappa shape index (κ2) is 6.81. The van der Waals surface area contributed by atoms with Crippen molar-refractivity contribution >= 4 is 23.4 Å². The van der Waals surface area contributed by atoms with Gasteiger partial charge in [-0.3, -0.25) is 4.79 Å². The Bertz CT molecular complexity index is 867. The molecule has 1 heterocycles. The van der Waals surface area contributed by atoms with Gasteiger partial charge in [-0.15, -0.1) is 0 Å². The topological polar surface area (TPSA) is 51.1 Å². The molecule has 0 atom stereocenters. The van der Waals surface area contributed by atoms with Crippen LogP contribution in [0.2, 0.25) is 0 Å². The van der Waals surface area contributed by atoms with E-state index < -0.39 is 0 Å². The number of benzene rings is 2. The van der Waals surface area contributed by atoms with Crippen LogP contribution in [-0.2, 0) is 4.79 Å². The summed E-state index contributed by atoms with van der Waals surface area (Å²) in [5.74, 6) is 1.12. The van der Waals surface area contributed by atoms with E-state index in [-0.39, 0.29) is 5.91 Å². The second-order valence-electron chi connectivity index (χ2n) is 5.81. The molecule has 0 unspecified atom stereocenters. The average Bonchev–Trinajstić information content (AvgIpc) is 2.90. The van der Waals surface area contributed by atoms with Gasteiger partial charge in [0.15, 0.2) is 11.5 Å². The summed E-state index contributed by atoms with van der Waals surface area (Å²) in [5, 5.41) is 5.83. The van der Waals surface area contributed by atoms with Gasteiger partial charge in [0.25, 0.3) is 5.91 Å². The van der Waals surface area contributed by atoms with Crippen molar-refractivity contribution in [3.8, 4) is 11.5 Å². The van der Waals surface area contributed by atoms with Crippen molar-refractivity contribution in [3.05, 3.63) is 59.2 Å². The highest BCUT2D eigenvalue weighted by atomic mass is 16.5. The fourth-order valence-corrected chi connectivity index (χ4v) is 2.65. The Balaban J connectivity index is 1.93. The molecule has 1 amide bonds. The van der Waals surface area contributed by atoms with Crippen molar-refractivity contribution in [2.45, 2.75) is 13.8 Å². The number of hydrogen-bond acceptors (Lipinski definition) is 4. The maximum Gasteiger partial charge on any atom is 0.280 e. The van der Waals surface area contributed by atoms with Crippen LogP contribution in [-0.4, -0.2) is 25.8 Å². The average molecular weight is 336 g/mol. The van der Waals surface area contributed by atoms with Gasteiger partial charge in [0, 0.05) is 0 Å². The lowest BCUT2D eigenvalue weighted by Gasteiger charge is -2.12. The van der Waals surface area contributed by atoms with Gasteiger partial charge in [-0.2, -0.15) is 10.1 Å². The summed E-state index contributed by atoms with van der Waals surface area (Å²) in [5.41, 5.74) is 3.98. The third kappa shape index (κ3) is 3.26. The van der Waals surface area contributed by atoms with Crippen molar-refractivity contribution in [1.82, 2.24) is 0 Å². The van der Waals surface area contributed by atoms with Crippen LogP contribution in [0.1, 0.15) is 18.1 Å². The maximum atomic E-state index is 12.8. The Morgan fingerprint density at radius 3 is 2.28 bits per heavy atom. The molecule has 1 aliphatic heterocycles. The number of amides is 1. The highest BCUT2D eigenvalue weighted by Crippen LogP contribution is 2.30. The van der Waals surface area contributed by atoms with Crippen molar-refractivity contribution < 1.29 is 14.3 Å². The van der Waals surface area contributed by atoms with E-state index in [2.05, 4.69) is 5.10 Å². The molecule has 1 aliphatic rings. The Kier molecular flexibility index (Phi) is 4.57. The third-order valence-electron chi connectivity index (χ3n) is 4.06. The van der Waals surface area contributed by atoms with E-state index in [1.807, 2.05) is 62.4 Å². The minimum Gasteiger partial charge on any atom is -0.493 e. The zero-order valence-electron chi connectivity index (χ0n) is 14.7. The summed E-state index contributed by atoms with van der Waals surface area (Å²) >= 11 is 0. The molecule has 0 fully saturated rings. The normalized spacial score (nSPS) is 15.5. The van der Waals surface area contributed by atoms with Gasteiger partial charge >= 0.3 is 0 Å². The van der Waals surface area contributed by atoms with E-state index in [0.717, 1.165) is 16.8 Å². The van der Waals surface area contributed by atoms with Crippen LogP contribution < -0.4 is 14.5 Å². The first kappa shape index (κ1) is 16.8. The van der Waals surface area contributed by atoms with Crippen LogP contribution in [0.3, 0.4) is 0 Å². The van der Waals surface area contributed by atoms with Gasteiger partial charge in [-0.25, -0.2) is 0 Å². The molecule has 128 valence electrons. The summed E-state index contributed by atoms with van der Waals surface area (Å²) in [7, 11) is 3.17. The molecule has 0 saturated carbocycles. The standard InChI is InChI=1S/C20H20N2O3/c1-13-5-8-16(9-6-13)22-20(23)17(14(2)21-22)11-15-7-10-18(24-3)19(12-15)25-4/h5-12H,1-4H3/b17-11-. The summed E-state index contributed by atoms with van der Waals surface area (Å²) in [6, 6.07) is 13.2. The number of hydrazone groups is 1. The molecule has 2 aromatic carbocycles. The second-order valence-corrected chi connectivity index (χ2v) is 5.81. The van der Waals surface area contributed by atoms with Gasteiger partial charge < -0.3 is 9.47 Å². The number of carbonyl (C=O) groups is 1. The van der Waals surface area contributed by atoms with E-state index in [1.54, 1.807) is 14.2 Å². The number of ether oxygens (including phenoxy) is 2. The van der Waals surface area contributed by atoms with Crippen LogP contribution in [0, 0.1) is 6.92 Å². The molecule has 0 aliphatic carbocycles. The fraction of sp³-hybridized carbons (Fsp3) is 0.200. The number of nitrogens with zero attached hydrogens (tertiary/aromatic N) is 2. The van der Waals surface area contributed by atoms with Gasteiger partial charge in [-0.05, 0) is 49.8 Å². The number of anilines is 1. The zero-order chi connectivity index (χ0) is 18.0. The van der Waals surface area contributed by atoms with E-state index >= 15 is 0 Å².